The summed E-state index contributed by atoms with van der Waals surface area (Å²) in [5, 5.41) is 4.41. The lowest BCUT2D eigenvalue weighted by Crippen LogP contribution is -2.51. The van der Waals surface area contributed by atoms with Crippen LogP contribution in [0.5, 0.6) is 0 Å². The maximum Gasteiger partial charge on any atom is 0.249 e. The van der Waals surface area contributed by atoms with E-state index in [2.05, 4.69) is 31.3 Å². The molecule has 2 aromatic rings. The number of likely N-dealkylation sites (N-methyl/N-ethyl adjacent to an activating group) is 1. The zero-order valence-electron chi connectivity index (χ0n) is 17.5. The second-order valence-corrected chi connectivity index (χ2v) is 7.91. The molecule has 0 aromatic heterocycles. The van der Waals surface area contributed by atoms with Crippen LogP contribution in [0.25, 0.3) is 10.8 Å². The van der Waals surface area contributed by atoms with Gasteiger partial charge in [0.25, 0.3) is 0 Å². The number of hydrogen-bond acceptors (Lipinski definition) is 4. The van der Waals surface area contributed by atoms with Gasteiger partial charge in [-0.1, -0.05) is 51.0 Å². The fourth-order valence-electron chi connectivity index (χ4n) is 4.56. The monoisotopic (exact) mass is 394 g/mol. The van der Waals surface area contributed by atoms with Crippen molar-refractivity contribution in [2.45, 2.75) is 64.3 Å². The molecule has 1 aliphatic heterocycles. The Morgan fingerprint density at radius 2 is 1.86 bits per heavy atom. The van der Waals surface area contributed by atoms with Crippen LogP contribution in [0.4, 0.5) is 5.69 Å². The highest BCUT2D eigenvalue weighted by Crippen LogP contribution is 2.38. The van der Waals surface area contributed by atoms with Crippen molar-refractivity contribution in [3.8, 4) is 0 Å². The van der Waals surface area contributed by atoms with E-state index in [1.807, 2.05) is 30.1 Å². The second-order valence-electron chi connectivity index (χ2n) is 7.91. The number of benzene rings is 2. The van der Waals surface area contributed by atoms with Gasteiger partial charge in [0, 0.05) is 30.1 Å². The van der Waals surface area contributed by atoms with Crippen molar-refractivity contribution < 1.29 is 14.4 Å². The molecule has 2 aromatic carbocycles. The fraction of sp³-hybridized carbons (Fsp3) is 0.458. The molecule has 0 radical (unpaired) electrons. The van der Waals surface area contributed by atoms with E-state index >= 15 is 0 Å². The van der Waals surface area contributed by atoms with E-state index in [-0.39, 0.29) is 11.8 Å². The highest BCUT2D eigenvalue weighted by molar-refractivity contribution is 6.08. The van der Waals surface area contributed by atoms with Gasteiger partial charge in [-0.15, -0.1) is 0 Å². The fourth-order valence-corrected chi connectivity index (χ4v) is 4.56. The molecule has 3 rings (SSSR count). The summed E-state index contributed by atoms with van der Waals surface area (Å²) in [6.45, 7) is 4.40. The van der Waals surface area contributed by atoms with Crippen LogP contribution in [0.1, 0.15) is 74.2 Å². The predicted octanol–water partition coefficient (Wildman–Crippen LogP) is 4.58. The topological polar surface area (TPSA) is 66.5 Å². The summed E-state index contributed by atoms with van der Waals surface area (Å²) >= 11 is 0. The van der Waals surface area contributed by atoms with Crippen LogP contribution >= 0.6 is 0 Å². The third kappa shape index (κ3) is 4.19. The van der Waals surface area contributed by atoms with Gasteiger partial charge in [-0.05, 0) is 42.2 Å². The summed E-state index contributed by atoms with van der Waals surface area (Å²) in [4.78, 5) is 37.7. The minimum Gasteiger partial charge on any atom is -0.362 e. The molecule has 5 heteroatoms. The molecule has 1 unspecified atom stereocenters. The van der Waals surface area contributed by atoms with Gasteiger partial charge in [-0.25, -0.2) is 0 Å². The van der Waals surface area contributed by atoms with E-state index in [0.717, 1.165) is 48.4 Å². The average Bonchev–Trinajstić information content (AvgIpc) is 2.72. The molecule has 154 valence electrons. The van der Waals surface area contributed by atoms with Gasteiger partial charge in [0.15, 0.2) is 6.29 Å². The summed E-state index contributed by atoms with van der Waals surface area (Å²) in [5.74, 6) is -0.0563. The van der Waals surface area contributed by atoms with E-state index in [1.54, 1.807) is 0 Å². The molecule has 0 spiro atoms. The van der Waals surface area contributed by atoms with Gasteiger partial charge < -0.3 is 4.90 Å². The SMILES string of the molecule is CCCC(CCC)c1ccc(N(C)C2CCC(=O)NC2=O)c2c(C=O)cccc12. The first-order valence-electron chi connectivity index (χ1n) is 10.6. The molecule has 0 bridgehead atoms. The van der Waals surface area contributed by atoms with E-state index < -0.39 is 6.04 Å². The number of carbonyl (C=O) groups is 3. The number of imide groups is 1. The smallest absolute Gasteiger partial charge is 0.249 e. The number of amides is 2. The molecule has 1 saturated heterocycles. The van der Waals surface area contributed by atoms with Gasteiger partial charge in [0.1, 0.15) is 6.04 Å². The summed E-state index contributed by atoms with van der Waals surface area (Å²) < 4.78 is 0. The Kier molecular flexibility index (Phi) is 6.68. The van der Waals surface area contributed by atoms with E-state index in [9.17, 15) is 14.4 Å². The zero-order chi connectivity index (χ0) is 21.0. The summed E-state index contributed by atoms with van der Waals surface area (Å²) in [6.07, 6.45) is 6.12. The van der Waals surface area contributed by atoms with Crippen molar-refractivity contribution in [3.05, 3.63) is 41.5 Å². The average molecular weight is 395 g/mol. The van der Waals surface area contributed by atoms with Crippen LogP contribution < -0.4 is 10.2 Å². The number of anilines is 1. The number of aldehydes is 1. The lowest BCUT2D eigenvalue weighted by atomic mass is 9.85. The number of nitrogens with zero attached hydrogens (tertiary/aromatic N) is 1. The molecule has 29 heavy (non-hydrogen) atoms. The lowest BCUT2D eigenvalue weighted by Gasteiger charge is -2.33. The molecule has 1 N–H and O–H groups in total. The van der Waals surface area contributed by atoms with Crippen molar-refractivity contribution in [2.75, 3.05) is 11.9 Å². The van der Waals surface area contributed by atoms with Crippen molar-refractivity contribution in [1.29, 1.82) is 0 Å². The molecule has 1 atom stereocenters. The quantitative estimate of drug-likeness (QED) is 0.526. The van der Waals surface area contributed by atoms with Crippen LogP contribution in [-0.4, -0.2) is 31.2 Å². The highest BCUT2D eigenvalue weighted by atomic mass is 16.2. The van der Waals surface area contributed by atoms with Gasteiger partial charge in [0.2, 0.25) is 11.8 Å². The zero-order valence-corrected chi connectivity index (χ0v) is 17.5. The molecular weight excluding hydrogens is 364 g/mol. The van der Waals surface area contributed by atoms with E-state index in [4.69, 9.17) is 0 Å². The van der Waals surface area contributed by atoms with Crippen molar-refractivity contribution >= 4 is 34.6 Å². The molecule has 5 nitrogen and oxygen atoms in total. The predicted molar refractivity (Wildman–Crippen MR) is 116 cm³/mol. The normalized spacial score (nSPS) is 16.9. The minimum atomic E-state index is -0.427. The summed E-state index contributed by atoms with van der Waals surface area (Å²) in [6, 6.07) is 9.61. The maximum absolute atomic E-state index is 12.4. The first kappa shape index (κ1) is 21.0. The Labute approximate surface area is 172 Å². The molecule has 1 heterocycles. The van der Waals surface area contributed by atoms with Crippen molar-refractivity contribution in [3.63, 3.8) is 0 Å². The maximum atomic E-state index is 12.4. The lowest BCUT2D eigenvalue weighted by molar-refractivity contribution is -0.134. The van der Waals surface area contributed by atoms with Gasteiger partial charge in [-0.2, -0.15) is 0 Å². The minimum absolute atomic E-state index is 0.226. The van der Waals surface area contributed by atoms with E-state index in [1.165, 1.54) is 5.56 Å². The molecule has 2 amide bonds. The Morgan fingerprint density at radius 3 is 2.48 bits per heavy atom. The first-order valence-corrected chi connectivity index (χ1v) is 10.6. The van der Waals surface area contributed by atoms with Crippen molar-refractivity contribution in [1.82, 2.24) is 5.32 Å². The molecule has 0 aliphatic carbocycles. The highest BCUT2D eigenvalue weighted by Gasteiger charge is 2.31. The number of carbonyl (C=O) groups excluding carboxylic acids is 3. The third-order valence-electron chi connectivity index (χ3n) is 5.98. The Balaban J connectivity index is 2.13. The number of nitrogens with one attached hydrogen (secondary N) is 1. The molecule has 0 saturated carbocycles. The largest absolute Gasteiger partial charge is 0.362 e. The number of piperidine rings is 1. The Morgan fingerprint density at radius 1 is 1.14 bits per heavy atom. The van der Waals surface area contributed by atoms with Crippen LogP contribution in [-0.2, 0) is 9.59 Å². The third-order valence-corrected chi connectivity index (χ3v) is 5.98. The van der Waals surface area contributed by atoms with Crippen LogP contribution in [0.15, 0.2) is 30.3 Å². The number of fused-ring (bicyclic) bond motifs is 1. The van der Waals surface area contributed by atoms with Gasteiger partial charge >= 0.3 is 0 Å². The molecular formula is C24H30N2O3. The van der Waals surface area contributed by atoms with Crippen molar-refractivity contribution in [2.24, 2.45) is 0 Å². The number of hydrogen-bond donors (Lipinski definition) is 1. The number of rotatable bonds is 8. The van der Waals surface area contributed by atoms with Crippen LogP contribution in [0.3, 0.4) is 0 Å². The second kappa shape index (κ2) is 9.21. The summed E-state index contributed by atoms with van der Waals surface area (Å²) in [7, 11) is 1.87. The Hall–Kier alpha value is -2.69. The van der Waals surface area contributed by atoms with Crippen LogP contribution in [0.2, 0.25) is 0 Å². The molecule has 1 fully saturated rings. The summed E-state index contributed by atoms with van der Waals surface area (Å²) in [5.41, 5.74) is 2.76. The standard InChI is InChI=1S/C24H30N2O3/c1-4-7-16(8-5-2)18-11-12-20(23-17(15-27)9-6-10-19(18)23)26(3)21-13-14-22(28)25-24(21)29/h6,9-12,15-16,21H,4-5,7-8,13-14H2,1-3H3,(H,25,28,29). The van der Waals surface area contributed by atoms with Crippen LogP contribution in [0, 0.1) is 0 Å². The van der Waals surface area contributed by atoms with E-state index in [0.29, 0.717) is 24.3 Å². The Bertz CT molecular complexity index is 916. The van der Waals surface area contributed by atoms with Gasteiger partial charge in [0.05, 0.1) is 0 Å². The first-order chi connectivity index (χ1) is 14.0. The molecule has 1 aliphatic rings. The van der Waals surface area contributed by atoms with Gasteiger partial charge in [-0.3, -0.25) is 19.7 Å².